The minimum absolute atomic E-state index is 0.558. The van der Waals surface area contributed by atoms with Gasteiger partial charge in [-0.2, -0.15) is 0 Å². The molecule has 0 aliphatic heterocycles. The molecule has 0 N–H and O–H groups in total. The number of para-hydroxylation sites is 1. The Morgan fingerprint density at radius 2 is 1.05 bits per heavy atom. The minimum Gasteiger partial charge on any atom is -0.308 e. The standard InChI is InChI=1S/C57H42N4S/c1-4-17-37(18-5-1)40-33-34-48(51(36-40)61-49-30-12-10-26-47(49)53-43(27-16-31-50(53)61)38-19-6-2-7-20-38)57-59-55(39-21-8-3-9-22-39)58-56(60-57)42-24-14-23-41(35-42)44-28-15-29-46-45-25-11-13-32-52(45)62-54(44)46/h1,3-5,8-18,21-36,38H,2,6-7,19-20H2. The average molecular weight is 815 g/mol. The summed E-state index contributed by atoms with van der Waals surface area (Å²) in [6.45, 7) is 0. The summed E-state index contributed by atoms with van der Waals surface area (Å²) in [7, 11) is 0. The van der Waals surface area contributed by atoms with Crippen LogP contribution in [-0.2, 0) is 0 Å². The van der Waals surface area contributed by atoms with E-state index in [9.17, 15) is 0 Å². The lowest BCUT2D eigenvalue weighted by molar-refractivity contribution is 0.445. The summed E-state index contributed by atoms with van der Waals surface area (Å²) >= 11 is 1.85. The number of thiophene rings is 1. The van der Waals surface area contributed by atoms with Gasteiger partial charge in [0.05, 0.1) is 16.7 Å². The van der Waals surface area contributed by atoms with E-state index in [-0.39, 0.29) is 0 Å². The van der Waals surface area contributed by atoms with Gasteiger partial charge in [0.2, 0.25) is 0 Å². The maximum atomic E-state index is 5.42. The zero-order valence-corrected chi connectivity index (χ0v) is 35.0. The van der Waals surface area contributed by atoms with Crippen molar-refractivity contribution in [1.82, 2.24) is 19.5 Å². The Morgan fingerprint density at radius 3 is 1.89 bits per heavy atom. The second-order valence-electron chi connectivity index (χ2n) is 16.6. The summed E-state index contributed by atoms with van der Waals surface area (Å²) in [5, 5.41) is 5.22. The molecule has 1 saturated carbocycles. The molecule has 0 saturated heterocycles. The van der Waals surface area contributed by atoms with Crippen LogP contribution in [0.1, 0.15) is 43.6 Å². The number of benzene rings is 8. The van der Waals surface area contributed by atoms with Crippen molar-refractivity contribution in [2.75, 3.05) is 0 Å². The van der Waals surface area contributed by atoms with Crippen LogP contribution >= 0.6 is 11.3 Å². The van der Waals surface area contributed by atoms with Gasteiger partial charge in [-0.25, -0.2) is 15.0 Å². The van der Waals surface area contributed by atoms with Crippen LogP contribution in [-0.4, -0.2) is 19.5 Å². The van der Waals surface area contributed by atoms with Crippen LogP contribution in [0.4, 0.5) is 0 Å². The van der Waals surface area contributed by atoms with Crippen molar-refractivity contribution in [3.63, 3.8) is 0 Å². The summed E-state index contributed by atoms with van der Waals surface area (Å²) in [5.74, 6) is 2.47. The van der Waals surface area contributed by atoms with E-state index in [4.69, 9.17) is 15.0 Å². The maximum Gasteiger partial charge on any atom is 0.166 e. The Balaban J connectivity index is 1.09. The summed E-state index contributed by atoms with van der Waals surface area (Å²) in [6, 6.07) is 67.7. The van der Waals surface area contributed by atoms with E-state index in [1.165, 1.54) is 85.2 Å². The number of aromatic nitrogens is 4. The third-order valence-electron chi connectivity index (χ3n) is 12.9. The fourth-order valence-electron chi connectivity index (χ4n) is 9.92. The van der Waals surface area contributed by atoms with Crippen molar-refractivity contribution in [3.8, 4) is 62.1 Å². The third kappa shape index (κ3) is 6.31. The van der Waals surface area contributed by atoms with Crippen LogP contribution in [0.5, 0.6) is 0 Å². The zero-order valence-electron chi connectivity index (χ0n) is 34.2. The van der Waals surface area contributed by atoms with Crippen molar-refractivity contribution in [2.45, 2.75) is 38.0 Å². The van der Waals surface area contributed by atoms with E-state index in [1.807, 2.05) is 29.5 Å². The van der Waals surface area contributed by atoms with Crippen molar-refractivity contribution in [1.29, 1.82) is 0 Å². The monoisotopic (exact) mass is 814 g/mol. The lowest BCUT2D eigenvalue weighted by Crippen LogP contribution is -2.05. The van der Waals surface area contributed by atoms with Crippen LogP contribution in [0.25, 0.3) is 104 Å². The third-order valence-corrected chi connectivity index (χ3v) is 14.1. The minimum atomic E-state index is 0.558. The molecular weight excluding hydrogens is 773 g/mol. The van der Waals surface area contributed by atoms with Crippen molar-refractivity contribution in [2.24, 2.45) is 0 Å². The van der Waals surface area contributed by atoms with E-state index < -0.39 is 0 Å². The topological polar surface area (TPSA) is 43.6 Å². The maximum absolute atomic E-state index is 5.42. The molecule has 0 spiro atoms. The lowest BCUT2D eigenvalue weighted by Gasteiger charge is -2.23. The van der Waals surface area contributed by atoms with E-state index in [0.29, 0.717) is 23.4 Å². The summed E-state index contributed by atoms with van der Waals surface area (Å²) < 4.78 is 5.05. The second kappa shape index (κ2) is 15.4. The van der Waals surface area contributed by atoms with Gasteiger partial charge < -0.3 is 4.57 Å². The van der Waals surface area contributed by atoms with Gasteiger partial charge >= 0.3 is 0 Å². The van der Waals surface area contributed by atoms with Crippen molar-refractivity contribution >= 4 is 53.3 Å². The lowest BCUT2D eigenvalue weighted by atomic mass is 9.82. The predicted octanol–water partition coefficient (Wildman–Crippen LogP) is 15.7. The fourth-order valence-corrected chi connectivity index (χ4v) is 11.2. The van der Waals surface area contributed by atoms with Gasteiger partial charge in [0.15, 0.2) is 17.5 Å². The number of fused-ring (bicyclic) bond motifs is 6. The van der Waals surface area contributed by atoms with Crippen LogP contribution < -0.4 is 0 Å². The van der Waals surface area contributed by atoms with Gasteiger partial charge in [-0.05, 0) is 83.0 Å². The molecule has 3 aromatic heterocycles. The first-order valence-electron chi connectivity index (χ1n) is 21.8. The Labute approximate surface area is 364 Å². The molecule has 11 aromatic rings. The summed E-state index contributed by atoms with van der Waals surface area (Å²) in [4.78, 5) is 16.0. The number of hydrogen-bond donors (Lipinski definition) is 0. The first-order valence-corrected chi connectivity index (χ1v) is 22.6. The summed E-state index contributed by atoms with van der Waals surface area (Å²) in [5.41, 5.74) is 12.4. The van der Waals surface area contributed by atoms with Gasteiger partial charge in [-0.15, -0.1) is 11.3 Å². The molecule has 0 atom stereocenters. The molecule has 0 unspecified atom stereocenters. The van der Waals surface area contributed by atoms with Crippen LogP contribution in [0.2, 0.25) is 0 Å². The van der Waals surface area contributed by atoms with Crippen LogP contribution in [0.15, 0.2) is 188 Å². The first kappa shape index (κ1) is 36.6. The van der Waals surface area contributed by atoms with Crippen LogP contribution in [0.3, 0.4) is 0 Å². The highest BCUT2D eigenvalue weighted by Gasteiger charge is 2.24. The molecule has 12 rings (SSSR count). The van der Waals surface area contributed by atoms with E-state index >= 15 is 0 Å². The first-order chi connectivity index (χ1) is 30.7. The Hall–Kier alpha value is -7.21. The Morgan fingerprint density at radius 1 is 0.419 bits per heavy atom. The largest absolute Gasteiger partial charge is 0.308 e. The SMILES string of the molecule is c1ccc(-c2ccc(-c3nc(-c4ccccc4)nc(-c4cccc(-c5cccc6c5sc5ccccc56)c4)n3)c(-n3c4ccccc4c4c(C5CCCCC5)cccc43)c2)cc1. The second-order valence-corrected chi connectivity index (χ2v) is 17.6. The van der Waals surface area contributed by atoms with Crippen LogP contribution in [0, 0.1) is 0 Å². The summed E-state index contributed by atoms with van der Waals surface area (Å²) in [6.07, 6.45) is 6.39. The van der Waals surface area contributed by atoms with E-state index in [2.05, 4.69) is 174 Å². The molecule has 1 aliphatic rings. The molecule has 1 aliphatic carbocycles. The zero-order chi connectivity index (χ0) is 41.0. The molecule has 8 aromatic carbocycles. The van der Waals surface area contributed by atoms with Gasteiger partial charge in [-0.1, -0.05) is 171 Å². The highest BCUT2D eigenvalue weighted by Crippen LogP contribution is 2.44. The fraction of sp³-hybridized carbons (Fsp3) is 0.105. The van der Waals surface area contributed by atoms with E-state index in [0.717, 1.165) is 39.1 Å². The number of rotatable bonds is 7. The quantitative estimate of drug-likeness (QED) is 0.161. The van der Waals surface area contributed by atoms with Gasteiger partial charge in [0, 0.05) is 47.6 Å². The van der Waals surface area contributed by atoms with Gasteiger partial charge in [-0.3, -0.25) is 0 Å². The number of nitrogens with zero attached hydrogens (tertiary/aromatic N) is 4. The molecule has 62 heavy (non-hydrogen) atoms. The highest BCUT2D eigenvalue weighted by molar-refractivity contribution is 7.26. The molecule has 0 bridgehead atoms. The van der Waals surface area contributed by atoms with Crippen molar-refractivity contribution in [3.05, 3.63) is 194 Å². The normalized spacial score (nSPS) is 13.4. The molecule has 296 valence electrons. The molecule has 3 heterocycles. The molecule has 5 heteroatoms. The average Bonchev–Trinajstić information content (AvgIpc) is 3.91. The molecule has 4 nitrogen and oxygen atoms in total. The molecule has 1 fully saturated rings. The Bertz CT molecular complexity index is 3450. The predicted molar refractivity (Wildman–Crippen MR) is 260 cm³/mol. The smallest absolute Gasteiger partial charge is 0.166 e. The number of hydrogen-bond acceptors (Lipinski definition) is 4. The van der Waals surface area contributed by atoms with E-state index in [1.54, 1.807) is 0 Å². The molecule has 0 radical (unpaired) electrons. The molecule has 0 amide bonds. The van der Waals surface area contributed by atoms with Crippen molar-refractivity contribution < 1.29 is 0 Å². The highest BCUT2D eigenvalue weighted by atomic mass is 32.1. The molecular formula is C57H42N4S. The Kier molecular flexibility index (Phi) is 9.07. The van der Waals surface area contributed by atoms with Gasteiger partial charge in [0.25, 0.3) is 0 Å². The van der Waals surface area contributed by atoms with Gasteiger partial charge in [0.1, 0.15) is 0 Å².